The second-order valence-electron chi connectivity index (χ2n) is 4.79. The Kier molecular flexibility index (Phi) is 3.62. The molecule has 3 aromatic rings. The van der Waals surface area contributed by atoms with E-state index < -0.39 is 5.97 Å². The number of carboxylic acids is 1. The minimum absolute atomic E-state index is 0.339. The lowest BCUT2D eigenvalue weighted by atomic mass is 10.1. The van der Waals surface area contributed by atoms with E-state index in [-0.39, 0.29) is 0 Å². The van der Waals surface area contributed by atoms with Crippen LogP contribution in [0.1, 0.15) is 20.8 Å². The van der Waals surface area contributed by atoms with Crippen LogP contribution in [0.3, 0.4) is 0 Å². The summed E-state index contributed by atoms with van der Waals surface area (Å²) in [5.74, 6) is -0.0433. The third kappa shape index (κ3) is 2.76. The summed E-state index contributed by atoms with van der Waals surface area (Å²) >= 11 is 1.57. The number of thiophene rings is 1. The fourth-order valence-electron chi connectivity index (χ4n) is 2.24. The highest BCUT2D eigenvalue weighted by Gasteiger charge is 2.11. The summed E-state index contributed by atoms with van der Waals surface area (Å²) in [5.41, 5.74) is 1.43. The normalized spacial score (nSPS) is 10.7. The lowest BCUT2D eigenvalue weighted by Gasteiger charge is -2.06. The third-order valence-corrected chi connectivity index (χ3v) is 4.38. The number of hydrogen-bond donors (Lipinski definition) is 1. The first-order valence-corrected chi connectivity index (χ1v) is 7.40. The van der Waals surface area contributed by atoms with Gasteiger partial charge in [0, 0.05) is 15.0 Å². The van der Waals surface area contributed by atoms with Crippen LogP contribution in [0.4, 0.5) is 0 Å². The van der Waals surface area contributed by atoms with Gasteiger partial charge in [-0.1, -0.05) is 24.3 Å². The van der Waals surface area contributed by atoms with E-state index >= 15 is 0 Å². The van der Waals surface area contributed by atoms with E-state index in [0.29, 0.717) is 12.2 Å². The SMILES string of the molecule is Cc1ccccc1OCc1cc2c(C(=O)O)cccc2s1. The van der Waals surface area contributed by atoms with Gasteiger partial charge in [0.25, 0.3) is 0 Å². The van der Waals surface area contributed by atoms with E-state index in [1.54, 1.807) is 23.5 Å². The average Bonchev–Trinajstić information content (AvgIpc) is 2.88. The van der Waals surface area contributed by atoms with Crippen LogP contribution in [0.15, 0.2) is 48.5 Å². The summed E-state index contributed by atoms with van der Waals surface area (Å²) in [5, 5.41) is 9.99. The molecule has 0 radical (unpaired) electrons. The molecule has 0 saturated carbocycles. The van der Waals surface area contributed by atoms with Crippen LogP contribution in [-0.2, 0) is 6.61 Å². The smallest absolute Gasteiger partial charge is 0.336 e. The van der Waals surface area contributed by atoms with Gasteiger partial charge in [-0.05, 0) is 36.8 Å². The molecule has 106 valence electrons. The molecule has 0 spiro atoms. The van der Waals surface area contributed by atoms with Gasteiger partial charge in [-0.25, -0.2) is 4.79 Å². The molecule has 0 saturated heterocycles. The van der Waals surface area contributed by atoms with Crippen molar-refractivity contribution in [1.29, 1.82) is 0 Å². The van der Waals surface area contributed by atoms with Crippen molar-refractivity contribution in [2.24, 2.45) is 0 Å². The summed E-state index contributed by atoms with van der Waals surface area (Å²) in [6.45, 7) is 2.45. The standard InChI is InChI=1S/C17H14O3S/c1-11-5-2-3-7-15(11)20-10-12-9-14-13(17(18)19)6-4-8-16(14)21-12/h2-9H,10H2,1H3,(H,18,19). The molecule has 1 N–H and O–H groups in total. The summed E-state index contributed by atoms with van der Waals surface area (Å²) in [6, 6.07) is 15.1. The molecule has 1 heterocycles. The molecule has 21 heavy (non-hydrogen) atoms. The number of aromatic carboxylic acids is 1. The monoisotopic (exact) mass is 298 g/mol. The number of aryl methyl sites for hydroxylation is 1. The number of carboxylic acid groups (broad SMARTS) is 1. The van der Waals surface area contributed by atoms with Crippen LogP contribution in [0.2, 0.25) is 0 Å². The molecule has 2 aromatic carbocycles. The van der Waals surface area contributed by atoms with Crippen molar-refractivity contribution in [1.82, 2.24) is 0 Å². The van der Waals surface area contributed by atoms with Crippen LogP contribution in [-0.4, -0.2) is 11.1 Å². The number of rotatable bonds is 4. The Morgan fingerprint density at radius 2 is 2.00 bits per heavy atom. The first-order chi connectivity index (χ1) is 10.1. The predicted octanol–water partition coefficient (Wildman–Crippen LogP) is 4.49. The Bertz CT molecular complexity index is 805. The number of para-hydroxylation sites is 1. The minimum atomic E-state index is -0.898. The lowest BCUT2D eigenvalue weighted by molar-refractivity contribution is 0.0699. The fraction of sp³-hybridized carbons (Fsp3) is 0.118. The molecule has 1 aromatic heterocycles. The quantitative estimate of drug-likeness (QED) is 0.772. The van der Waals surface area contributed by atoms with E-state index in [1.165, 1.54) is 0 Å². The van der Waals surface area contributed by atoms with Gasteiger partial charge in [0.05, 0.1) is 5.56 Å². The number of carbonyl (C=O) groups is 1. The van der Waals surface area contributed by atoms with Crippen molar-refractivity contribution in [3.63, 3.8) is 0 Å². The Morgan fingerprint density at radius 3 is 2.76 bits per heavy atom. The zero-order chi connectivity index (χ0) is 14.8. The molecule has 0 aliphatic carbocycles. The largest absolute Gasteiger partial charge is 0.488 e. The molecule has 0 amide bonds. The maximum Gasteiger partial charge on any atom is 0.336 e. The summed E-state index contributed by atoms with van der Waals surface area (Å²) in [7, 11) is 0. The van der Waals surface area contributed by atoms with Crippen LogP contribution in [0.25, 0.3) is 10.1 Å². The van der Waals surface area contributed by atoms with Gasteiger partial charge >= 0.3 is 5.97 Å². The van der Waals surface area contributed by atoms with Crippen LogP contribution in [0, 0.1) is 6.92 Å². The molecule has 4 heteroatoms. The molecule has 0 fully saturated rings. The third-order valence-electron chi connectivity index (χ3n) is 3.31. The van der Waals surface area contributed by atoms with Crippen molar-refractivity contribution in [3.8, 4) is 5.75 Å². The van der Waals surface area contributed by atoms with Gasteiger partial charge in [-0.3, -0.25) is 0 Å². The van der Waals surface area contributed by atoms with E-state index in [9.17, 15) is 9.90 Å². The van der Waals surface area contributed by atoms with Crippen LogP contribution >= 0.6 is 11.3 Å². The highest BCUT2D eigenvalue weighted by Crippen LogP contribution is 2.29. The number of fused-ring (bicyclic) bond motifs is 1. The van der Waals surface area contributed by atoms with E-state index in [1.807, 2.05) is 43.3 Å². The highest BCUT2D eigenvalue weighted by atomic mass is 32.1. The summed E-state index contributed by atoms with van der Waals surface area (Å²) < 4.78 is 6.79. The van der Waals surface area contributed by atoms with E-state index in [0.717, 1.165) is 26.3 Å². The molecular weight excluding hydrogens is 284 g/mol. The Hall–Kier alpha value is -2.33. The first-order valence-electron chi connectivity index (χ1n) is 6.58. The van der Waals surface area contributed by atoms with Crippen LogP contribution in [0.5, 0.6) is 5.75 Å². The number of benzene rings is 2. The molecule has 3 nitrogen and oxygen atoms in total. The second kappa shape index (κ2) is 5.58. The molecule has 3 rings (SSSR count). The summed E-state index contributed by atoms with van der Waals surface area (Å²) in [6.07, 6.45) is 0. The van der Waals surface area contributed by atoms with Gasteiger partial charge in [-0.15, -0.1) is 11.3 Å². The van der Waals surface area contributed by atoms with Crippen molar-refractivity contribution in [3.05, 3.63) is 64.5 Å². The zero-order valence-corrected chi connectivity index (χ0v) is 12.3. The second-order valence-corrected chi connectivity index (χ2v) is 5.96. The lowest BCUT2D eigenvalue weighted by Crippen LogP contribution is -1.96. The first kappa shape index (κ1) is 13.6. The summed E-state index contributed by atoms with van der Waals surface area (Å²) in [4.78, 5) is 12.2. The highest BCUT2D eigenvalue weighted by molar-refractivity contribution is 7.19. The molecule has 0 unspecified atom stereocenters. The average molecular weight is 298 g/mol. The molecule has 0 atom stereocenters. The minimum Gasteiger partial charge on any atom is -0.488 e. The van der Waals surface area contributed by atoms with Gasteiger partial charge in [-0.2, -0.15) is 0 Å². The Labute approximate surface area is 126 Å². The van der Waals surface area contributed by atoms with Gasteiger partial charge in [0.15, 0.2) is 0 Å². The molecular formula is C17H14O3S. The number of hydrogen-bond acceptors (Lipinski definition) is 3. The topological polar surface area (TPSA) is 46.5 Å². The van der Waals surface area contributed by atoms with E-state index in [2.05, 4.69) is 0 Å². The van der Waals surface area contributed by atoms with Crippen molar-refractivity contribution >= 4 is 27.4 Å². The maximum absolute atomic E-state index is 11.2. The number of ether oxygens (including phenoxy) is 1. The molecule has 0 aliphatic heterocycles. The predicted molar refractivity (Wildman–Crippen MR) is 84.3 cm³/mol. The van der Waals surface area contributed by atoms with Gasteiger partial charge < -0.3 is 9.84 Å². The fourth-order valence-corrected chi connectivity index (χ4v) is 3.24. The van der Waals surface area contributed by atoms with Crippen molar-refractivity contribution < 1.29 is 14.6 Å². The van der Waals surface area contributed by atoms with Gasteiger partial charge in [0.2, 0.25) is 0 Å². The van der Waals surface area contributed by atoms with E-state index in [4.69, 9.17) is 4.74 Å². The molecule has 0 bridgehead atoms. The van der Waals surface area contributed by atoms with Crippen molar-refractivity contribution in [2.45, 2.75) is 13.5 Å². The van der Waals surface area contributed by atoms with Gasteiger partial charge in [0.1, 0.15) is 12.4 Å². The Morgan fingerprint density at radius 1 is 1.19 bits per heavy atom. The van der Waals surface area contributed by atoms with Crippen LogP contribution < -0.4 is 4.74 Å². The maximum atomic E-state index is 11.2. The Balaban J connectivity index is 1.87. The zero-order valence-electron chi connectivity index (χ0n) is 11.5. The molecule has 0 aliphatic rings. The van der Waals surface area contributed by atoms with Crippen molar-refractivity contribution in [2.75, 3.05) is 0 Å².